The van der Waals surface area contributed by atoms with Gasteiger partial charge < -0.3 is 10.2 Å². The summed E-state index contributed by atoms with van der Waals surface area (Å²) < 4.78 is 1.43. The molecule has 2 aromatic rings. The maximum atomic E-state index is 12.8. The number of aromatic amines is 1. The lowest BCUT2D eigenvalue weighted by atomic mass is 10.0. The zero-order chi connectivity index (χ0) is 18.1. The monoisotopic (exact) mass is 354 g/mol. The van der Waals surface area contributed by atoms with E-state index in [0.717, 1.165) is 49.6 Å². The minimum atomic E-state index is -0.210. The van der Waals surface area contributed by atoms with Crippen molar-refractivity contribution in [2.45, 2.75) is 38.6 Å². The number of nitrogens with one attached hydrogen (secondary N) is 2. The average molecular weight is 354 g/mol. The van der Waals surface area contributed by atoms with Crippen molar-refractivity contribution in [2.75, 3.05) is 19.6 Å². The first-order valence-electron chi connectivity index (χ1n) is 9.52. The van der Waals surface area contributed by atoms with Gasteiger partial charge in [0.15, 0.2) is 0 Å². The van der Waals surface area contributed by atoms with Gasteiger partial charge in [-0.25, -0.2) is 4.68 Å². The number of likely N-dealkylation sites (tertiary alicyclic amines) is 1. The van der Waals surface area contributed by atoms with Crippen LogP contribution in [0.2, 0.25) is 0 Å². The molecule has 1 saturated heterocycles. The number of hydrogen-bond donors (Lipinski definition) is 2. The number of carbonyl (C=O) groups is 1. The van der Waals surface area contributed by atoms with E-state index in [1.807, 2.05) is 36.1 Å². The van der Waals surface area contributed by atoms with E-state index in [4.69, 9.17) is 0 Å². The van der Waals surface area contributed by atoms with Gasteiger partial charge >= 0.3 is 0 Å². The Hall–Kier alpha value is -2.34. The highest BCUT2D eigenvalue weighted by Crippen LogP contribution is 2.28. The van der Waals surface area contributed by atoms with Crippen molar-refractivity contribution in [3.63, 3.8) is 0 Å². The highest BCUT2D eigenvalue weighted by molar-refractivity contribution is 5.92. The summed E-state index contributed by atoms with van der Waals surface area (Å²) in [5.74, 6) is 0.787. The van der Waals surface area contributed by atoms with Crippen LogP contribution >= 0.6 is 0 Å². The Bertz CT molecular complexity index is 824. The van der Waals surface area contributed by atoms with Crippen molar-refractivity contribution < 1.29 is 4.79 Å². The summed E-state index contributed by atoms with van der Waals surface area (Å²) in [5, 5.41) is 6.59. The second-order valence-corrected chi connectivity index (χ2v) is 7.60. The summed E-state index contributed by atoms with van der Waals surface area (Å²) in [6.07, 6.45) is 4.66. The third-order valence-electron chi connectivity index (χ3n) is 5.42. The molecule has 1 aromatic heterocycles. The zero-order valence-electron chi connectivity index (χ0n) is 15.2. The molecule has 2 heterocycles. The fraction of sp³-hybridized carbons (Fsp3) is 0.500. The van der Waals surface area contributed by atoms with Crippen LogP contribution in [-0.4, -0.2) is 46.3 Å². The maximum absolute atomic E-state index is 12.8. The highest BCUT2D eigenvalue weighted by atomic mass is 16.2. The quantitative estimate of drug-likeness (QED) is 0.864. The van der Waals surface area contributed by atoms with Gasteiger partial charge in [0.05, 0.1) is 5.69 Å². The Kier molecular flexibility index (Phi) is 4.68. The lowest BCUT2D eigenvalue weighted by Crippen LogP contribution is -2.45. The van der Waals surface area contributed by atoms with Crippen molar-refractivity contribution in [1.29, 1.82) is 0 Å². The Labute approximate surface area is 153 Å². The molecule has 4 rings (SSSR count). The number of aromatic nitrogens is 2. The molecule has 6 nitrogen and oxygen atoms in total. The van der Waals surface area contributed by atoms with Crippen molar-refractivity contribution >= 4 is 5.91 Å². The molecule has 6 heteroatoms. The van der Waals surface area contributed by atoms with Gasteiger partial charge in [0.2, 0.25) is 0 Å². The summed E-state index contributed by atoms with van der Waals surface area (Å²) in [7, 11) is 0. The maximum Gasteiger partial charge on any atom is 0.271 e. The first kappa shape index (κ1) is 17.1. The largest absolute Gasteiger partial charge is 0.337 e. The van der Waals surface area contributed by atoms with Gasteiger partial charge in [0, 0.05) is 25.2 Å². The molecule has 0 spiro atoms. The summed E-state index contributed by atoms with van der Waals surface area (Å²) in [6.45, 7) is 4.59. The topological polar surface area (TPSA) is 70.1 Å². The van der Waals surface area contributed by atoms with Gasteiger partial charge in [-0.3, -0.25) is 14.7 Å². The molecule has 1 saturated carbocycles. The first-order valence-corrected chi connectivity index (χ1v) is 9.52. The number of piperidine rings is 1. The molecule has 0 bridgehead atoms. The van der Waals surface area contributed by atoms with Crippen LogP contribution in [0.1, 0.15) is 41.7 Å². The third kappa shape index (κ3) is 3.75. The summed E-state index contributed by atoms with van der Waals surface area (Å²) >= 11 is 0. The van der Waals surface area contributed by atoms with Crippen LogP contribution < -0.4 is 10.9 Å². The SMILES string of the molecule is Cc1ccc(-n2[nH]c(C(=O)N3CCC(NCC4CC4)CC3)cc2=O)cc1. The van der Waals surface area contributed by atoms with Crippen molar-refractivity contribution in [3.8, 4) is 5.69 Å². The van der Waals surface area contributed by atoms with E-state index in [2.05, 4.69) is 10.4 Å². The highest BCUT2D eigenvalue weighted by Gasteiger charge is 2.27. The predicted octanol–water partition coefficient (Wildman–Crippen LogP) is 2.08. The molecular weight excluding hydrogens is 328 g/mol. The summed E-state index contributed by atoms with van der Waals surface area (Å²) in [4.78, 5) is 26.9. The second-order valence-electron chi connectivity index (χ2n) is 7.60. The standard InChI is InChI=1S/C20H26N4O2/c1-14-2-6-17(7-3-14)24-19(25)12-18(22-24)20(26)23-10-8-16(9-11-23)21-13-15-4-5-15/h2-3,6-7,12,15-16,21-22H,4-5,8-11,13H2,1H3. The van der Waals surface area contributed by atoms with Gasteiger partial charge in [-0.1, -0.05) is 17.7 Å². The van der Waals surface area contributed by atoms with E-state index in [-0.39, 0.29) is 11.5 Å². The number of hydrogen-bond acceptors (Lipinski definition) is 3. The van der Waals surface area contributed by atoms with E-state index in [0.29, 0.717) is 11.7 Å². The normalized spacial score (nSPS) is 18.3. The first-order chi connectivity index (χ1) is 12.6. The van der Waals surface area contributed by atoms with E-state index < -0.39 is 0 Å². The van der Waals surface area contributed by atoms with Crippen molar-refractivity contribution in [1.82, 2.24) is 20.0 Å². The molecule has 2 N–H and O–H groups in total. The lowest BCUT2D eigenvalue weighted by molar-refractivity contribution is 0.0698. The van der Waals surface area contributed by atoms with Crippen LogP contribution in [0.3, 0.4) is 0 Å². The molecule has 2 fully saturated rings. The fourth-order valence-electron chi connectivity index (χ4n) is 3.50. The number of amides is 1. The van der Waals surface area contributed by atoms with Gasteiger partial charge in [-0.15, -0.1) is 0 Å². The van der Waals surface area contributed by atoms with E-state index in [1.54, 1.807) is 0 Å². The van der Waals surface area contributed by atoms with Crippen LogP contribution in [0.25, 0.3) is 5.69 Å². The van der Waals surface area contributed by atoms with Gasteiger partial charge in [0.1, 0.15) is 5.69 Å². The number of aryl methyl sites for hydroxylation is 1. The molecule has 1 aliphatic carbocycles. The van der Waals surface area contributed by atoms with Gasteiger partial charge in [0.25, 0.3) is 11.5 Å². The molecule has 138 valence electrons. The number of rotatable bonds is 5. The number of carbonyl (C=O) groups excluding carboxylic acids is 1. The van der Waals surface area contributed by atoms with Crippen LogP contribution in [-0.2, 0) is 0 Å². The fourth-order valence-corrected chi connectivity index (χ4v) is 3.50. The number of benzene rings is 1. The molecule has 1 aromatic carbocycles. The smallest absolute Gasteiger partial charge is 0.271 e. The van der Waals surface area contributed by atoms with E-state index in [9.17, 15) is 9.59 Å². The van der Waals surface area contributed by atoms with Crippen LogP contribution in [0.15, 0.2) is 35.1 Å². The lowest BCUT2D eigenvalue weighted by Gasteiger charge is -2.32. The molecule has 1 amide bonds. The second kappa shape index (κ2) is 7.11. The van der Waals surface area contributed by atoms with E-state index >= 15 is 0 Å². The molecular formula is C20H26N4O2. The van der Waals surface area contributed by atoms with Crippen LogP contribution in [0.4, 0.5) is 0 Å². The summed E-state index contributed by atoms with van der Waals surface area (Å²) in [6, 6.07) is 9.56. The van der Waals surface area contributed by atoms with Gasteiger partial charge in [-0.05, 0) is 57.2 Å². The molecule has 1 aliphatic heterocycles. The predicted molar refractivity (Wildman–Crippen MR) is 101 cm³/mol. The molecule has 26 heavy (non-hydrogen) atoms. The zero-order valence-corrected chi connectivity index (χ0v) is 15.2. The average Bonchev–Trinajstić information content (AvgIpc) is 3.41. The number of H-pyrrole nitrogens is 1. The Morgan fingerprint density at radius 2 is 1.85 bits per heavy atom. The molecule has 0 radical (unpaired) electrons. The summed E-state index contributed by atoms with van der Waals surface area (Å²) in [5.41, 5.74) is 2.02. The van der Waals surface area contributed by atoms with Crippen LogP contribution in [0, 0.1) is 12.8 Å². The number of nitrogens with zero attached hydrogens (tertiary/aromatic N) is 2. The Morgan fingerprint density at radius 1 is 1.15 bits per heavy atom. The van der Waals surface area contributed by atoms with Crippen LogP contribution in [0.5, 0.6) is 0 Å². The molecule has 2 aliphatic rings. The minimum absolute atomic E-state index is 0.0893. The Balaban J connectivity index is 1.40. The molecule has 0 atom stereocenters. The van der Waals surface area contributed by atoms with Crippen molar-refractivity contribution in [3.05, 3.63) is 51.9 Å². The Morgan fingerprint density at radius 3 is 2.50 bits per heavy atom. The van der Waals surface area contributed by atoms with Crippen molar-refractivity contribution in [2.24, 2.45) is 5.92 Å². The third-order valence-corrected chi connectivity index (χ3v) is 5.42. The minimum Gasteiger partial charge on any atom is -0.337 e. The van der Waals surface area contributed by atoms with Gasteiger partial charge in [-0.2, -0.15) is 0 Å². The van der Waals surface area contributed by atoms with E-state index in [1.165, 1.54) is 23.6 Å². The molecule has 0 unspecified atom stereocenters.